The maximum absolute atomic E-state index is 8.52. The fourth-order valence-corrected chi connectivity index (χ4v) is 2.96. The van der Waals surface area contributed by atoms with E-state index < -0.39 is 10.4 Å². The second-order valence-corrected chi connectivity index (χ2v) is 10.7. The van der Waals surface area contributed by atoms with Crippen LogP contribution in [-0.4, -0.2) is 80.9 Å². The van der Waals surface area contributed by atoms with Gasteiger partial charge < -0.3 is 18.1 Å². The number of hydrogen-bond acceptors (Lipinski definition) is 4. The summed E-state index contributed by atoms with van der Waals surface area (Å²) in [6.07, 6.45) is 17.0. The molecule has 0 heterocycles. The molecular formula is C24H56N2O4S. The molecule has 192 valence electrons. The van der Waals surface area contributed by atoms with Gasteiger partial charge in [-0.2, -0.15) is 0 Å². The molecule has 6 nitrogen and oxygen atoms in total. The third-order valence-corrected chi connectivity index (χ3v) is 5.95. The molecule has 0 aliphatic rings. The van der Waals surface area contributed by atoms with Crippen LogP contribution >= 0.6 is 0 Å². The van der Waals surface area contributed by atoms with Crippen LogP contribution in [0.3, 0.4) is 0 Å². The fourth-order valence-electron chi connectivity index (χ4n) is 2.96. The molecule has 0 aliphatic carbocycles. The monoisotopic (exact) mass is 468 g/mol. The predicted molar refractivity (Wildman–Crippen MR) is 132 cm³/mol. The third-order valence-electron chi connectivity index (χ3n) is 5.95. The Balaban J connectivity index is -0.000000416. The summed E-state index contributed by atoms with van der Waals surface area (Å²) < 4.78 is 36.5. The van der Waals surface area contributed by atoms with Crippen molar-refractivity contribution < 1.29 is 26.5 Å². The molecule has 0 amide bonds. The molecule has 0 fully saturated rings. The Hall–Kier alpha value is -0.210. The summed E-state index contributed by atoms with van der Waals surface area (Å²) in [5.74, 6) is 0. The first-order chi connectivity index (χ1) is 14.2. The molecule has 0 rings (SSSR count). The minimum Gasteiger partial charge on any atom is -0.759 e. The van der Waals surface area contributed by atoms with Crippen LogP contribution in [0.2, 0.25) is 0 Å². The zero-order valence-corrected chi connectivity index (χ0v) is 23.1. The minimum absolute atomic E-state index is 1.19. The lowest BCUT2D eigenvalue weighted by Crippen LogP contribution is -2.39. The van der Waals surface area contributed by atoms with Crippen molar-refractivity contribution in [3.05, 3.63) is 0 Å². The SMILES string of the molecule is CCCCCCCC[N+](C)(C)CC.CCCCCCCC[N+](C)(C)CC.O=S(=O)([O-])[O-]. The number of rotatable bonds is 16. The molecule has 0 N–H and O–H groups in total. The molecular weight excluding hydrogens is 412 g/mol. The summed E-state index contributed by atoms with van der Waals surface area (Å²) in [5.41, 5.74) is 0. The van der Waals surface area contributed by atoms with Gasteiger partial charge >= 0.3 is 0 Å². The van der Waals surface area contributed by atoms with Crippen LogP contribution in [0.15, 0.2) is 0 Å². The number of hydrogen-bond donors (Lipinski definition) is 0. The highest BCUT2D eigenvalue weighted by Crippen LogP contribution is 2.08. The van der Waals surface area contributed by atoms with Gasteiger partial charge in [-0.05, 0) is 39.5 Å². The van der Waals surface area contributed by atoms with Crippen LogP contribution in [0, 0.1) is 0 Å². The lowest BCUT2D eigenvalue weighted by Gasteiger charge is -2.28. The molecule has 0 bridgehead atoms. The molecule has 0 unspecified atom stereocenters. The average Bonchev–Trinajstić information content (AvgIpc) is 2.66. The van der Waals surface area contributed by atoms with E-state index in [4.69, 9.17) is 17.5 Å². The van der Waals surface area contributed by atoms with Crippen molar-refractivity contribution in [2.75, 3.05) is 54.4 Å². The summed E-state index contributed by atoms with van der Waals surface area (Å²) in [5, 5.41) is 0. The van der Waals surface area contributed by atoms with Crippen LogP contribution < -0.4 is 0 Å². The van der Waals surface area contributed by atoms with E-state index in [0.717, 1.165) is 0 Å². The van der Waals surface area contributed by atoms with Crippen LogP contribution in [0.4, 0.5) is 0 Å². The maximum Gasteiger partial charge on any atom is 0.0782 e. The van der Waals surface area contributed by atoms with Crippen molar-refractivity contribution in [1.29, 1.82) is 0 Å². The van der Waals surface area contributed by atoms with Gasteiger partial charge in [-0.15, -0.1) is 0 Å². The number of quaternary nitrogens is 2. The molecule has 0 saturated heterocycles. The van der Waals surface area contributed by atoms with E-state index in [2.05, 4.69) is 55.9 Å². The highest BCUT2D eigenvalue weighted by atomic mass is 32.3. The fraction of sp³-hybridized carbons (Fsp3) is 1.00. The van der Waals surface area contributed by atoms with E-state index in [1.165, 1.54) is 112 Å². The van der Waals surface area contributed by atoms with Gasteiger partial charge in [0.25, 0.3) is 0 Å². The smallest absolute Gasteiger partial charge is 0.0782 e. The van der Waals surface area contributed by atoms with Crippen molar-refractivity contribution in [2.45, 2.75) is 105 Å². The van der Waals surface area contributed by atoms with E-state index in [0.29, 0.717) is 0 Å². The molecule has 31 heavy (non-hydrogen) atoms. The Kier molecular flexibility index (Phi) is 24.7. The lowest BCUT2D eigenvalue weighted by atomic mass is 10.1. The molecule has 0 aromatic rings. The van der Waals surface area contributed by atoms with Gasteiger partial charge in [-0.25, -0.2) is 0 Å². The predicted octanol–water partition coefficient (Wildman–Crippen LogP) is 5.55. The van der Waals surface area contributed by atoms with Crippen LogP contribution in [0.1, 0.15) is 105 Å². The summed E-state index contributed by atoms with van der Waals surface area (Å²) in [4.78, 5) is 0. The maximum atomic E-state index is 8.52. The standard InChI is InChI=1S/2C12H28N.H2O4S/c2*1-5-7-8-9-10-11-12-13(3,4)6-2;1-5(2,3)4/h2*5-12H2,1-4H3;(H2,1,2,3,4)/q2*+1;/p-2. The van der Waals surface area contributed by atoms with Gasteiger partial charge in [0.2, 0.25) is 0 Å². The van der Waals surface area contributed by atoms with Crippen LogP contribution in [0.25, 0.3) is 0 Å². The van der Waals surface area contributed by atoms with Gasteiger partial charge in [-0.3, -0.25) is 8.42 Å². The Labute approximate surface area is 196 Å². The van der Waals surface area contributed by atoms with Crippen LogP contribution in [-0.2, 0) is 10.4 Å². The normalized spacial score (nSPS) is 11.9. The summed E-state index contributed by atoms with van der Waals surface area (Å²) in [6, 6.07) is 0. The first-order valence-electron chi connectivity index (χ1n) is 12.5. The van der Waals surface area contributed by atoms with E-state index in [-0.39, 0.29) is 0 Å². The van der Waals surface area contributed by atoms with E-state index >= 15 is 0 Å². The molecule has 0 radical (unpaired) electrons. The highest BCUT2D eigenvalue weighted by molar-refractivity contribution is 7.79. The Morgan fingerprint density at radius 3 is 0.968 bits per heavy atom. The average molecular weight is 469 g/mol. The van der Waals surface area contributed by atoms with E-state index in [1.807, 2.05) is 0 Å². The van der Waals surface area contributed by atoms with E-state index in [1.54, 1.807) is 0 Å². The molecule has 0 aromatic heterocycles. The van der Waals surface area contributed by atoms with E-state index in [9.17, 15) is 0 Å². The zero-order chi connectivity index (χ0) is 24.8. The Bertz CT molecular complexity index is 430. The lowest BCUT2D eigenvalue weighted by molar-refractivity contribution is -0.888. The first kappa shape index (κ1) is 35.4. The van der Waals surface area contributed by atoms with Crippen molar-refractivity contribution >= 4 is 10.4 Å². The van der Waals surface area contributed by atoms with Crippen LogP contribution in [0.5, 0.6) is 0 Å². The quantitative estimate of drug-likeness (QED) is 0.129. The zero-order valence-electron chi connectivity index (χ0n) is 22.2. The first-order valence-corrected chi connectivity index (χ1v) is 13.9. The third kappa shape index (κ3) is 40.6. The van der Waals surface area contributed by atoms with Gasteiger partial charge in [0.1, 0.15) is 0 Å². The van der Waals surface area contributed by atoms with Crippen molar-refractivity contribution in [1.82, 2.24) is 0 Å². The van der Waals surface area contributed by atoms with Crippen molar-refractivity contribution in [3.63, 3.8) is 0 Å². The summed E-state index contributed by atoms with van der Waals surface area (Å²) in [6.45, 7) is 14.3. The largest absolute Gasteiger partial charge is 0.759 e. The topological polar surface area (TPSA) is 80.3 Å². The van der Waals surface area contributed by atoms with Gasteiger partial charge in [-0.1, -0.05) is 65.2 Å². The summed E-state index contributed by atoms with van der Waals surface area (Å²) in [7, 11) is 4.14. The highest BCUT2D eigenvalue weighted by Gasteiger charge is 2.10. The molecule has 0 aliphatic heterocycles. The molecule has 0 saturated carbocycles. The van der Waals surface area contributed by atoms with Gasteiger partial charge in [0.15, 0.2) is 0 Å². The second kappa shape index (κ2) is 21.6. The molecule has 0 atom stereocenters. The molecule has 0 aromatic carbocycles. The van der Waals surface area contributed by atoms with Gasteiger partial charge in [0, 0.05) is 10.4 Å². The molecule has 7 heteroatoms. The molecule has 0 spiro atoms. The Morgan fingerprint density at radius 1 is 0.516 bits per heavy atom. The van der Waals surface area contributed by atoms with Crippen molar-refractivity contribution in [3.8, 4) is 0 Å². The Morgan fingerprint density at radius 2 is 0.742 bits per heavy atom. The number of nitrogens with zero attached hydrogens (tertiary/aromatic N) is 2. The van der Waals surface area contributed by atoms with Gasteiger partial charge in [0.05, 0.1) is 54.4 Å². The second-order valence-electron chi connectivity index (χ2n) is 9.89. The minimum atomic E-state index is -5.17. The van der Waals surface area contributed by atoms with Crippen molar-refractivity contribution in [2.24, 2.45) is 0 Å². The number of unbranched alkanes of at least 4 members (excludes halogenated alkanes) is 10. The summed E-state index contributed by atoms with van der Waals surface area (Å²) >= 11 is 0.